The van der Waals surface area contributed by atoms with Crippen LogP contribution in [0.25, 0.3) is 0 Å². The van der Waals surface area contributed by atoms with Gasteiger partial charge in [-0.25, -0.2) is 4.79 Å². The van der Waals surface area contributed by atoms with Crippen molar-refractivity contribution in [1.82, 2.24) is 10.2 Å². The number of aromatic nitrogens is 2. The number of carboxylic acid groups (broad SMARTS) is 1. The van der Waals surface area contributed by atoms with E-state index in [1.165, 1.54) is 0 Å². The van der Waals surface area contributed by atoms with E-state index in [1.807, 2.05) is 11.0 Å². The lowest BCUT2D eigenvalue weighted by Gasteiger charge is -2.34. The third-order valence-corrected chi connectivity index (χ3v) is 6.48. The predicted octanol–water partition coefficient (Wildman–Crippen LogP) is 3.97. The van der Waals surface area contributed by atoms with Gasteiger partial charge in [0.1, 0.15) is 17.6 Å². The third-order valence-electron chi connectivity index (χ3n) is 6.17. The van der Waals surface area contributed by atoms with Gasteiger partial charge in [0.05, 0.1) is 28.6 Å². The number of carboxylic acids is 1. The van der Waals surface area contributed by atoms with Crippen molar-refractivity contribution in [3.05, 3.63) is 46.2 Å². The van der Waals surface area contributed by atoms with Crippen molar-refractivity contribution in [3.63, 3.8) is 0 Å². The molecule has 8 nitrogen and oxygen atoms in total. The van der Waals surface area contributed by atoms with Gasteiger partial charge in [-0.1, -0.05) is 11.6 Å². The van der Waals surface area contributed by atoms with Crippen LogP contribution in [0.5, 0.6) is 5.75 Å². The van der Waals surface area contributed by atoms with Gasteiger partial charge < -0.3 is 14.7 Å². The Hall–Kier alpha value is -3.18. The Balaban J connectivity index is 1.49. The topological polar surface area (TPSA) is 116 Å². The van der Waals surface area contributed by atoms with Crippen molar-refractivity contribution >= 4 is 29.0 Å². The second-order valence-electron chi connectivity index (χ2n) is 8.17. The molecule has 0 amide bonds. The quantitative estimate of drug-likeness (QED) is 0.721. The summed E-state index contributed by atoms with van der Waals surface area (Å²) in [5.74, 6) is -0.140. The normalized spacial score (nSPS) is 21.1. The highest BCUT2D eigenvalue weighted by atomic mass is 35.5. The molecule has 1 saturated carbocycles. The molecule has 2 aliphatic rings. The number of halogens is 1. The summed E-state index contributed by atoms with van der Waals surface area (Å²) in [6.45, 7) is 0.991. The number of piperidine rings is 1. The lowest BCUT2D eigenvalue weighted by atomic mass is 9.82. The first-order valence-corrected chi connectivity index (χ1v) is 11.1. The maximum absolute atomic E-state index is 11.8. The van der Waals surface area contributed by atoms with Crippen molar-refractivity contribution in [2.45, 2.75) is 50.5 Å². The van der Waals surface area contributed by atoms with Crippen molar-refractivity contribution in [2.75, 3.05) is 18.0 Å². The van der Waals surface area contributed by atoms with E-state index in [4.69, 9.17) is 21.6 Å². The van der Waals surface area contributed by atoms with Crippen LogP contribution >= 0.6 is 11.6 Å². The van der Waals surface area contributed by atoms with Crippen LogP contribution in [0.4, 0.5) is 5.69 Å². The van der Waals surface area contributed by atoms with E-state index in [9.17, 15) is 14.7 Å². The van der Waals surface area contributed by atoms with E-state index in [0.717, 1.165) is 31.2 Å². The fourth-order valence-corrected chi connectivity index (χ4v) is 4.71. The van der Waals surface area contributed by atoms with E-state index in [2.05, 4.69) is 10.2 Å². The third kappa shape index (κ3) is 4.68. The van der Waals surface area contributed by atoms with E-state index in [0.29, 0.717) is 48.0 Å². The summed E-state index contributed by atoms with van der Waals surface area (Å²) in [5.41, 5.74) is 1.84. The fraction of sp³-hybridized carbons (Fsp3) is 0.435. The summed E-state index contributed by atoms with van der Waals surface area (Å²) >= 11 is 6.10. The highest BCUT2D eigenvalue weighted by Gasteiger charge is 2.31. The SMILES string of the molecule is N#Cc1ccc(OC2CCC(c3cnnc(C(=O)O)c3N3CCC(=O)CC3)CC2)cc1Cl. The molecular weight excluding hydrogens is 432 g/mol. The van der Waals surface area contributed by atoms with Gasteiger partial charge in [-0.15, -0.1) is 5.10 Å². The van der Waals surface area contributed by atoms with Crippen molar-refractivity contribution in [1.29, 1.82) is 5.26 Å². The smallest absolute Gasteiger partial charge is 0.358 e. The van der Waals surface area contributed by atoms with Crippen LogP contribution in [0, 0.1) is 11.3 Å². The number of hydrogen-bond donors (Lipinski definition) is 1. The molecule has 0 radical (unpaired) electrons. The maximum atomic E-state index is 11.8. The molecule has 1 N–H and O–H groups in total. The number of ether oxygens (including phenoxy) is 1. The standard InChI is InChI=1S/C23H23ClN4O4/c24-20-11-18(6-3-15(20)12-25)32-17-4-1-14(2-5-17)19-13-26-27-21(23(30)31)22(19)28-9-7-16(29)8-10-28/h3,6,11,13-14,17H,1-2,4-5,7-10H2,(H,30,31). The monoisotopic (exact) mass is 454 g/mol. The van der Waals surface area contributed by atoms with Crippen LogP contribution in [0.15, 0.2) is 24.4 Å². The molecule has 1 aliphatic heterocycles. The van der Waals surface area contributed by atoms with Crippen LogP contribution in [0.2, 0.25) is 5.02 Å². The highest BCUT2D eigenvalue weighted by Crippen LogP contribution is 2.40. The molecule has 32 heavy (non-hydrogen) atoms. The molecule has 4 rings (SSSR count). The number of nitriles is 1. The maximum Gasteiger partial charge on any atom is 0.358 e. The molecule has 9 heteroatoms. The van der Waals surface area contributed by atoms with E-state index >= 15 is 0 Å². The number of hydrogen-bond acceptors (Lipinski definition) is 7. The minimum absolute atomic E-state index is 0.0139. The second kappa shape index (κ2) is 9.53. The Labute approximate surface area is 190 Å². The van der Waals surface area contributed by atoms with Gasteiger partial charge in [-0.05, 0) is 43.7 Å². The summed E-state index contributed by atoms with van der Waals surface area (Å²) in [5, 5.41) is 26.9. The molecule has 1 aliphatic carbocycles. The lowest BCUT2D eigenvalue weighted by Crippen LogP contribution is -2.36. The Kier molecular flexibility index (Phi) is 6.56. The zero-order chi connectivity index (χ0) is 22.7. The molecule has 2 heterocycles. The van der Waals surface area contributed by atoms with Gasteiger partial charge in [0.15, 0.2) is 5.69 Å². The predicted molar refractivity (Wildman–Crippen MR) is 117 cm³/mol. The molecule has 1 aromatic carbocycles. The van der Waals surface area contributed by atoms with Crippen LogP contribution in [0.1, 0.15) is 66.1 Å². The molecule has 0 spiro atoms. The first kappa shape index (κ1) is 22.0. The first-order valence-electron chi connectivity index (χ1n) is 10.7. The van der Waals surface area contributed by atoms with Crippen molar-refractivity contribution in [2.24, 2.45) is 0 Å². The zero-order valence-corrected chi connectivity index (χ0v) is 18.2. The molecule has 166 valence electrons. The van der Waals surface area contributed by atoms with E-state index in [1.54, 1.807) is 24.4 Å². The summed E-state index contributed by atoms with van der Waals surface area (Å²) in [4.78, 5) is 25.5. The van der Waals surface area contributed by atoms with Gasteiger partial charge in [-0.3, -0.25) is 4.79 Å². The average molecular weight is 455 g/mol. The Morgan fingerprint density at radius 3 is 2.56 bits per heavy atom. The number of benzene rings is 1. The van der Waals surface area contributed by atoms with E-state index in [-0.39, 0.29) is 23.5 Å². The highest BCUT2D eigenvalue weighted by molar-refractivity contribution is 6.31. The summed E-state index contributed by atoms with van der Waals surface area (Å²) < 4.78 is 6.08. The largest absolute Gasteiger partial charge is 0.490 e. The second-order valence-corrected chi connectivity index (χ2v) is 8.58. The Morgan fingerprint density at radius 2 is 1.94 bits per heavy atom. The van der Waals surface area contributed by atoms with Crippen LogP contribution < -0.4 is 9.64 Å². The Morgan fingerprint density at radius 1 is 1.22 bits per heavy atom. The van der Waals surface area contributed by atoms with E-state index < -0.39 is 5.97 Å². The molecule has 0 bridgehead atoms. The van der Waals surface area contributed by atoms with Gasteiger partial charge in [0, 0.05) is 37.6 Å². The average Bonchev–Trinajstić information content (AvgIpc) is 2.80. The molecule has 2 aromatic rings. The number of anilines is 1. The minimum atomic E-state index is -1.11. The number of carbonyl (C=O) groups excluding carboxylic acids is 1. The number of aromatic carboxylic acids is 1. The number of Topliss-reactive ketones (excluding diaryl/α,β-unsaturated/α-hetero) is 1. The van der Waals surface area contributed by atoms with Gasteiger partial charge >= 0.3 is 5.97 Å². The number of rotatable bonds is 5. The van der Waals surface area contributed by atoms with Crippen LogP contribution in [-0.2, 0) is 4.79 Å². The number of ketones is 1. The van der Waals surface area contributed by atoms with Gasteiger partial charge in [-0.2, -0.15) is 10.4 Å². The number of carbonyl (C=O) groups is 2. The zero-order valence-electron chi connectivity index (χ0n) is 17.5. The van der Waals surface area contributed by atoms with Crippen molar-refractivity contribution < 1.29 is 19.4 Å². The summed E-state index contributed by atoms with van der Waals surface area (Å²) in [6.07, 6.45) is 5.74. The Bertz CT molecular complexity index is 1070. The molecule has 0 atom stereocenters. The van der Waals surface area contributed by atoms with Crippen LogP contribution in [-0.4, -0.2) is 46.2 Å². The van der Waals surface area contributed by atoms with Crippen LogP contribution in [0.3, 0.4) is 0 Å². The molecule has 1 aromatic heterocycles. The molecular formula is C23H23ClN4O4. The molecule has 0 unspecified atom stereocenters. The van der Waals surface area contributed by atoms with Crippen molar-refractivity contribution in [3.8, 4) is 11.8 Å². The molecule has 2 fully saturated rings. The molecule has 1 saturated heterocycles. The van der Waals surface area contributed by atoms with Gasteiger partial charge in [0.25, 0.3) is 0 Å². The van der Waals surface area contributed by atoms with Gasteiger partial charge in [0.2, 0.25) is 0 Å². The summed E-state index contributed by atoms with van der Waals surface area (Å²) in [6, 6.07) is 7.09. The number of nitrogens with zero attached hydrogens (tertiary/aromatic N) is 4. The summed E-state index contributed by atoms with van der Waals surface area (Å²) in [7, 11) is 0. The minimum Gasteiger partial charge on any atom is -0.490 e. The lowest BCUT2D eigenvalue weighted by molar-refractivity contribution is -0.119. The fourth-order valence-electron chi connectivity index (χ4n) is 4.49. The first-order chi connectivity index (χ1) is 15.5.